The summed E-state index contributed by atoms with van der Waals surface area (Å²) in [6.45, 7) is 0. The first kappa shape index (κ1) is 20.3. The summed E-state index contributed by atoms with van der Waals surface area (Å²) in [6.07, 6.45) is 3.97. The second kappa shape index (κ2) is 8.85. The van der Waals surface area contributed by atoms with Crippen molar-refractivity contribution in [1.82, 2.24) is 19.6 Å². The monoisotopic (exact) mass is 463 g/mol. The van der Waals surface area contributed by atoms with Crippen LogP contribution in [0, 0.1) is 0 Å². The molecule has 1 N–H and O–H groups in total. The fourth-order valence-corrected chi connectivity index (χ4v) is 4.30. The maximum Gasteiger partial charge on any atom is 0.277 e. The van der Waals surface area contributed by atoms with Crippen molar-refractivity contribution in [3.63, 3.8) is 0 Å². The van der Waals surface area contributed by atoms with Gasteiger partial charge in [-0.1, -0.05) is 23.9 Å². The van der Waals surface area contributed by atoms with Crippen LogP contribution in [0.25, 0.3) is 27.7 Å². The van der Waals surface area contributed by atoms with Crippen molar-refractivity contribution in [2.45, 2.75) is 5.22 Å². The maximum atomic E-state index is 12.3. The fourth-order valence-electron chi connectivity index (χ4n) is 3.03. The van der Waals surface area contributed by atoms with Crippen LogP contribution in [0.5, 0.6) is 5.75 Å². The van der Waals surface area contributed by atoms with E-state index in [2.05, 4.69) is 20.5 Å². The molecule has 0 unspecified atom stereocenters. The van der Waals surface area contributed by atoms with Crippen LogP contribution >= 0.6 is 23.1 Å². The molecule has 2 aromatic carbocycles. The number of benzene rings is 2. The molecular formula is C22H17N5O3S2. The lowest BCUT2D eigenvalue weighted by Gasteiger charge is -2.05. The largest absolute Gasteiger partial charge is 0.497 e. The molecule has 0 radical (unpaired) electrons. The number of nitrogens with one attached hydrogen (secondary N) is 1. The van der Waals surface area contributed by atoms with Crippen LogP contribution in [0.2, 0.25) is 0 Å². The Labute approximate surface area is 191 Å². The van der Waals surface area contributed by atoms with Gasteiger partial charge in [0.15, 0.2) is 4.96 Å². The summed E-state index contributed by atoms with van der Waals surface area (Å²) in [5, 5.41) is 13.2. The summed E-state index contributed by atoms with van der Waals surface area (Å²) in [5.74, 6) is 1.14. The van der Waals surface area contributed by atoms with Gasteiger partial charge >= 0.3 is 0 Å². The molecule has 32 heavy (non-hydrogen) atoms. The van der Waals surface area contributed by atoms with Crippen molar-refractivity contribution >= 4 is 39.7 Å². The molecule has 1 amide bonds. The van der Waals surface area contributed by atoms with E-state index in [1.165, 1.54) is 11.8 Å². The number of aromatic nitrogens is 4. The third-order valence-electron chi connectivity index (χ3n) is 4.63. The van der Waals surface area contributed by atoms with Gasteiger partial charge in [-0.05, 0) is 36.4 Å². The van der Waals surface area contributed by atoms with Gasteiger partial charge in [0, 0.05) is 34.6 Å². The second-order valence-corrected chi connectivity index (χ2v) is 8.53. The van der Waals surface area contributed by atoms with Gasteiger partial charge in [0.05, 0.1) is 18.6 Å². The Kier molecular flexibility index (Phi) is 5.61. The minimum atomic E-state index is -0.158. The van der Waals surface area contributed by atoms with Crippen LogP contribution in [-0.4, -0.2) is 38.4 Å². The number of rotatable bonds is 7. The SMILES string of the molecule is COc1ccc(-c2nnc(SCC(=O)Nc3ccc(-c4cn5ccsc5n4)cc3)o2)cc1. The number of methoxy groups -OCH3 is 1. The predicted octanol–water partition coefficient (Wildman–Crippen LogP) is 4.85. The lowest BCUT2D eigenvalue weighted by atomic mass is 10.1. The van der Waals surface area contributed by atoms with Crippen molar-refractivity contribution in [3.8, 4) is 28.5 Å². The maximum absolute atomic E-state index is 12.3. The first-order valence-corrected chi connectivity index (χ1v) is 11.5. The molecule has 0 aliphatic heterocycles. The Morgan fingerprint density at radius 3 is 2.66 bits per heavy atom. The van der Waals surface area contributed by atoms with Crippen molar-refractivity contribution in [2.24, 2.45) is 0 Å². The van der Waals surface area contributed by atoms with Crippen LogP contribution in [-0.2, 0) is 4.79 Å². The zero-order valence-electron chi connectivity index (χ0n) is 16.9. The summed E-state index contributed by atoms with van der Waals surface area (Å²) >= 11 is 2.78. The number of amides is 1. The number of thioether (sulfide) groups is 1. The summed E-state index contributed by atoms with van der Waals surface area (Å²) < 4.78 is 12.8. The minimum absolute atomic E-state index is 0.156. The number of hydrogen-bond acceptors (Lipinski definition) is 8. The minimum Gasteiger partial charge on any atom is -0.497 e. The molecule has 3 aromatic heterocycles. The van der Waals surface area contributed by atoms with Crippen LogP contribution in [0.3, 0.4) is 0 Å². The molecule has 5 aromatic rings. The third kappa shape index (κ3) is 4.36. The quantitative estimate of drug-likeness (QED) is 0.345. The molecule has 8 nitrogen and oxygen atoms in total. The van der Waals surface area contributed by atoms with E-state index in [0.29, 0.717) is 16.8 Å². The molecule has 0 spiro atoms. The van der Waals surface area contributed by atoms with E-state index in [0.717, 1.165) is 27.5 Å². The topological polar surface area (TPSA) is 94.5 Å². The van der Waals surface area contributed by atoms with Gasteiger partial charge in [0.2, 0.25) is 11.8 Å². The average molecular weight is 464 g/mol. The Balaban J connectivity index is 1.16. The Hall–Kier alpha value is -3.63. The molecule has 0 atom stereocenters. The molecule has 0 saturated carbocycles. The lowest BCUT2D eigenvalue weighted by molar-refractivity contribution is -0.113. The van der Waals surface area contributed by atoms with Crippen molar-refractivity contribution in [3.05, 3.63) is 66.3 Å². The molecule has 0 aliphatic rings. The Morgan fingerprint density at radius 1 is 1.12 bits per heavy atom. The van der Waals surface area contributed by atoms with Crippen LogP contribution < -0.4 is 10.1 Å². The van der Waals surface area contributed by atoms with E-state index >= 15 is 0 Å². The standard InChI is InChI=1S/C22H17N5O3S2/c1-29-17-8-4-15(5-9-17)20-25-26-22(30-20)32-13-19(28)23-16-6-2-14(3-7-16)18-12-27-10-11-31-21(27)24-18/h2-12H,13H2,1H3,(H,23,28). The molecular weight excluding hydrogens is 446 g/mol. The van der Waals surface area contributed by atoms with Crippen LogP contribution in [0.4, 0.5) is 5.69 Å². The molecule has 3 heterocycles. The predicted molar refractivity (Wildman–Crippen MR) is 124 cm³/mol. The zero-order valence-corrected chi connectivity index (χ0v) is 18.5. The van der Waals surface area contributed by atoms with Gasteiger partial charge in [-0.3, -0.25) is 9.20 Å². The summed E-state index contributed by atoms with van der Waals surface area (Å²) in [4.78, 5) is 17.9. The average Bonchev–Trinajstić information content (AvgIpc) is 3.55. The molecule has 0 saturated heterocycles. The van der Waals surface area contributed by atoms with Gasteiger partial charge in [0.1, 0.15) is 5.75 Å². The van der Waals surface area contributed by atoms with Crippen molar-refractivity contribution < 1.29 is 13.9 Å². The van der Waals surface area contributed by atoms with E-state index in [9.17, 15) is 4.79 Å². The number of nitrogens with zero attached hydrogens (tertiary/aromatic N) is 4. The number of imidazole rings is 1. The third-order valence-corrected chi connectivity index (χ3v) is 6.22. The summed E-state index contributed by atoms with van der Waals surface area (Å²) in [7, 11) is 1.61. The Morgan fingerprint density at radius 2 is 1.91 bits per heavy atom. The lowest BCUT2D eigenvalue weighted by Crippen LogP contribution is -2.13. The fraction of sp³-hybridized carbons (Fsp3) is 0.0909. The van der Waals surface area contributed by atoms with E-state index in [-0.39, 0.29) is 11.7 Å². The number of anilines is 1. The first-order chi connectivity index (χ1) is 15.7. The number of fused-ring (bicyclic) bond motifs is 1. The van der Waals surface area contributed by atoms with E-state index in [1.54, 1.807) is 18.4 Å². The number of carbonyl (C=O) groups excluding carboxylic acids is 1. The van der Waals surface area contributed by atoms with Crippen molar-refractivity contribution in [1.29, 1.82) is 0 Å². The molecule has 160 valence electrons. The van der Waals surface area contributed by atoms with Gasteiger partial charge < -0.3 is 14.5 Å². The molecule has 10 heteroatoms. The number of ether oxygens (including phenoxy) is 1. The smallest absolute Gasteiger partial charge is 0.277 e. The highest BCUT2D eigenvalue weighted by molar-refractivity contribution is 7.99. The second-order valence-electron chi connectivity index (χ2n) is 6.73. The van der Waals surface area contributed by atoms with E-state index in [1.807, 2.05) is 70.7 Å². The highest BCUT2D eigenvalue weighted by Gasteiger charge is 2.12. The van der Waals surface area contributed by atoms with Gasteiger partial charge in [-0.15, -0.1) is 21.5 Å². The Bertz CT molecular complexity index is 1330. The van der Waals surface area contributed by atoms with Gasteiger partial charge in [-0.2, -0.15) is 0 Å². The van der Waals surface area contributed by atoms with Gasteiger partial charge in [-0.25, -0.2) is 4.98 Å². The highest BCUT2D eigenvalue weighted by atomic mass is 32.2. The summed E-state index contributed by atoms with van der Waals surface area (Å²) in [5.41, 5.74) is 3.39. The van der Waals surface area contributed by atoms with Crippen LogP contribution in [0.15, 0.2) is 75.9 Å². The molecule has 0 fully saturated rings. The van der Waals surface area contributed by atoms with E-state index < -0.39 is 0 Å². The van der Waals surface area contributed by atoms with Crippen molar-refractivity contribution in [2.75, 3.05) is 18.2 Å². The number of carbonyl (C=O) groups is 1. The normalized spacial score (nSPS) is 11.0. The number of hydrogen-bond donors (Lipinski definition) is 1. The summed E-state index contributed by atoms with van der Waals surface area (Å²) in [6, 6.07) is 14.9. The van der Waals surface area contributed by atoms with E-state index in [4.69, 9.17) is 9.15 Å². The zero-order chi connectivity index (χ0) is 21.9. The highest BCUT2D eigenvalue weighted by Crippen LogP contribution is 2.26. The molecule has 5 rings (SSSR count). The van der Waals surface area contributed by atoms with Gasteiger partial charge in [0.25, 0.3) is 5.22 Å². The van der Waals surface area contributed by atoms with Crippen LogP contribution in [0.1, 0.15) is 0 Å². The molecule has 0 bridgehead atoms. The number of thiazole rings is 1. The molecule has 0 aliphatic carbocycles. The first-order valence-electron chi connectivity index (χ1n) is 9.61.